The lowest BCUT2D eigenvalue weighted by Crippen LogP contribution is -2.47. The van der Waals surface area contributed by atoms with Gasteiger partial charge >= 0.3 is 6.16 Å². The lowest BCUT2D eigenvalue weighted by Gasteiger charge is -2.32. The average molecular weight is 411 g/mol. The Labute approximate surface area is 175 Å². The van der Waals surface area contributed by atoms with Crippen LogP contribution in [0.5, 0.6) is 5.75 Å². The van der Waals surface area contributed by atoms with Crippen molar-refractivity contribution in [3.63, 3.8) is 0 Å². The number of nitrogens with zero attached hydrogens (tertiary/aromatic N) is 2. The highest BCUT2D eigenvalue weighted by Crippen LogP contribution is 2.16. The SMILES string of the molecule is CCOC(=O)Oc1ccc(C(=O)Nc2ccc(C(=O)N3CCN(C)CC3)cc2)cc1. The number of carbonyl (C=O) groups excluding carboxylic acids is 3. The highest BCUT2D eigenvalue weighted by Gasteiger charge is 2.20. The first kappa shape index (κ1) is 21.3. The van der Waals surface area contributed by atoms with Gasteiger partial charge in [-0.3, -0.25) is 9.59 Å². The molecule has 2 aromatic rings. The summed E-state index contributed by atoms with van der Waals surface area (Å²) in [6.07, 6.45) is -0.791. The number of amides is 2. The first-order valence-corrected chi connectivity index (χ1v) is 9.80. The molecular weight excluding hydrogens is 386 g/mol. The van der Waals surface area contributed by atoms with E-state index in [1.54, 1.807) is 43.3 Å². The monoisotopic (exact) mass is 411 g/mol. The number of benzene rings is 2. The summed E-state index contributed by atoms with van der Waals surface area (Å²) in [6.45, 7) is 5.06. The minimum absolute atomic E-state index is 0.00170. The molecule has 0 unspecified atom stereocenters. The lowest BCUT2D eigenvalue weighted by atomic mass is 10.1. The van der Waals surface area contributed by atoms with Gasteiger partial charge in [-0.15, -0.1) is 0 Å². The maximum absolute atomic E-state index is 12.6. The Morgan fingerprint density at radius 3 is 2.10 bits per heavy atom. The zero-order valence-corrected chi connectivity index (χ0v) is 17.1. The van der Waals surface area contributed by atoms with Crippen LogP contribution in [0.4, 0.5) is 10.5 Å². The van der Waals surface area contributed by atoms with Crippen molar-refractivity contribution < 1.29 is 23.9 Å². The van der Waals surface area contributed by atoms with Crippen LogP contribution < -0.4 is 10.1 Å². The average Bonchev–Trinajstić information content (AvgIpc) is 2.75. The smallest absolute Gasteiger partial charge is 0.434 e. The molecule has 2 aromatic carbocycles. The second-order valence-electron chi connectivity index (χ2n) is 6.94. The van der Waals surface area contributed by atoms with Crippen LogP contribution in [0.2, 0.25) is 0 Å². The highest BCUT2D eigenvalue weighted by molar-refractivity contribution is 6.04. The summed E-state index contributed by atoms with van der Waals surface area (Å²) in [5.41, 5.74) is 1.59. The van der Waals surface area contributed by atoms with E-state index in [2.05, 4.69) is 10.2 Å². The molecule has 8 nitrogen and oxygen atoms in total. The van der Waals surface area contributed by atoms with Crippen LogP contribution in [-0.4, -0.2) is 67.6 Å². The number of hydrogen-bond acceptors (Lipinski definition) is 6. The number of rotatable bonds is 5. The molecule has 1 N–H and O–H groups in total. The van der Waals surface area contributed by atoms with E-state index >= 15 is 0 Å². The molecule has 1 fully saturated rings. The van der Waals surface area contributed by atoms with Gasteiger partial charge in [-0.1, -0.05) is 0 Å². The largest absolute Gasteiger partial charge is 0.513 e. The topological polar surface area (TPSA) is 88.2 Å². The highest BCUT2D eigenvalue weighted by atomic mass is 16.7. The third-order valence-electron chi connectivity index (χ3n) is 4.76. The Bertz CT molecular complexity index is 888. The molecule has 0 radical (unpaired) electrons. The second-order valence-corrected chi connectivity index (χ2v) is 6.94. The van der Waals surface area contributed by atoms with Crippen LogP contribution in [0.1, 0.15) is 27.6 Å². The molecule has 1 aliphatic heterocycles. The molecule has 0 aromatic heterocycles. The molecule has 0 spiro atoms. The van der Waals surface area contributed by atoms with Gasteiger partial charge in [0.2, 0.25) is 0 Å². The van der Waals surface area contributed by atoms with E-state index in [0.29, 0.717) is 29.9 Å². The normalized spacial score (nSPS) is 14.1. The van der Waals surface area contributed by atoms with Gasteiger partial charge in [-0.05, 0) is 62.5 Å². The zero-order valence-electron chi connectivity index (χ0n) is 17.1. The lowest BCUT2D eigenvalue weighted by molar-refractivity contribution is 0.0664. The van der Waals surface area contributed by atoms with E-state index in [4.69, 9.17) is 9.47 Å². The van der Waals surface area contributed by atoms with Gasteiger partial charge in [0.1, 0.15) is 5.75 Å². The minimum Gasteiger partial charge on any atom is -0.434 e. The number of ether oxygens (including phenoxy) is 2. The van der Waals surface area contributed by atoms with Crippen molar-refractivity contribution in [3.8, 4) is 5.75 Å². The summed E-state index contributed by atoms with van der Waals surface area (Å²) in [5, 5.41) is 2.79. The molecule has 0 atom stereocenters. The fourth-order valence-electron chi connectivity index (χ4n) is 3.01. The minimum atomic E-state index is -0.791. The van der Waals surface area contributed by atoms with Gasteiger partial charge in [0.25, 0.3) is 11.8 Å². The van der Waals surface area contributed by atoms with Crippen molar-refractivity contribution in [2.75, 3.05) is 45.2 Å². The summed E-state index contributed by atoms with van der Waals surface area (Å²) in [7, 11) is 2.04. The first-order chi connectivity index (χ1) is 14.5. The van der Waals surface area contributed by atoms with Crippen LogP contribution in [0, 0.1) is 0 Å². The zero-order chi connectivity index (χ0) is 21.5. The predicted octanol–water partition coefficient (Wildman–Crippen LogP) is 2.86. The standard InChI is InChI=1S/C22H25N3O5/c1-3-29-22(28)30-19-10-6-16(7-11-19)20(26)23-18-8-4-17(5-9-18)21(27)25-14-12-24(2)13-15-25/h4-11H,3,12-15H2,1-2H3,(H,23,26). The molecule has 8 heteroatoms. The molecule has 1 aliphatic rings. The molecule has 0 saturated carbocycles. The molecule has 158 valence electrons. The van der Waals surface area contributed by atoms with Crippen LogP contribution in [0.25, 0.3) is 0 Å². The maximum Gasteiger partial charge on any atom is 0.513 e. The van der Waals surface area contributed by atoms with E-state index < -0.39 is 6.16 Å². The number of nitrogens with one attached hydrogen (secondary N) is 1. The van der Waals surface area contributed by atoms with E-state index in [1.807, 2.05) is 11.9 Å². The van der Waals surface area contributed by atoms with Crippen LogP contribution in [0.3, 0.4) is 0 Å². The Morgan fingerprint density at radius 2 is 1.50 bits per heavy atom. The fourth-order valence-corrected chi connectivity index (χ4v) is 3.01. The van der Waals surface area contributed by atoms with Crippen molar-refractivity contribution >= 4 is 23.7 Å². The number of anilines is 1. The molecule has 0 aliphatic carbocycles. The quantitative estimate of drug-likeness (QED) is 0.601. The second kappa shape index (κ2) is 9.89. The molecule has 30 heavy (non-hydrogen) atoms. The Morgan fingerprint density at radius 1 is 0.900 bits per heavy atom. The molecule has 3 rings (SSSR count). The van der Waals surface area contributed by atoms with Gasteiger partial charge in [-0.2, -0.15) is 0 Å². The summed E-state index contributed by atoms with van der Waals surface area (Å²) in [4.78, 5) is 40.4. The van der Waals surface area contributed by atoms with Gasteiger partial charge in [0.15, 0.2) is 0 Å². The Hall–Kier alpha value is -3.39. The van der Waals surface area contributed by atoms with Crippen molar-refractivity contribution in [1.82, 2.24) is 9.80 Å². The number of hydrogen-bond donors (Lipinski definition) is 1. The van der Waals surface area contributed by atoms with Gasteiger partial charge < -0.3 is 24.6 Å². The third-order valence-corrected chi connectivity index (χ3v) is 4.76. The first-order valence-electron chi connectivity index (χ1n) is 9.80. The molecule has 1 heterocycles. The van der Waals surface area contributed by atoms with E-state index in [0.717, 1.165) is 13.1 Å². The van der Waals surface area contributed by atoms with Crippen LogP contribution in [0.15, 0.2) is 48.5 Å². The van der Waals surface area contributed by atoms with Gasteiger partial charge in [0.05, 0.1) is 6.61 Å². The van der Waals surface area contributed by atoms with Crippen LogP contribution >= 0.6 is 0 Å². The number of likely N-dealkylation sites (N-methyl/N-ethyl adjacent to an activating group) is 1. The summed E-state index contributed by atoms with van der Waals surface area (Å²) >= 11 is 0. The molecular formula is C22H25N3O5. The van der Waals surface area contributed by atoms with E-state index in [-0.39, 0.29) is 24.2 Å². The number of piperazine rings is 1. The van der Waals surface area contributed by atoms with Crippen molar-refractivity contribution in [1.29, 1.82) is 0 Å². The van der Waals surface area contributed by atoms with E-state index in [9.17, 15) is 14.4 Å². The molecule has 2 amide bonds. The van der Waals surface area contributed by atoms with Gasteiger partial charge in [0, 0.05) is 43.0 Å². The summed E-state index contributed by atoms with van der Waals surface area (Å²) in [6, 6.07) is 13.0. The Balaban J connectivity index is 1.56. The van der Waals surface area contributed by atoms with E-state index in [1.165, 1.54) is 12.1 Å². The summed E-state index contributed by atoms with van der Waals surface area (Å²) < 4.78 is 9.67. The molecule has 1 saturated heterocycles. The predicted molar refractivity (Wildman–Crippen MR) is 112 cm³/mol. The maximum atomic E-state index is 12.6. The number of carbonyl (C=O) groups is 3. The Kier molecular flexibility index (Phi) is 7.03. The van der Waals surface area contributed by atoms with Crippen molar-refractivity contribution in [3.05, 3.63) is 59.7 Å². The molecule has 0 bridgehead atoms. The van der Waals surface area contributed by atoms with Gasteiger partial charge in [-0.25, -0.2) is 4.79 Å². The van der Waals surface area contributed by atoms with Crippen LogP contribution in [-0.2, 0) is 4.74 Å². The third kappa shape index (κ3) is 5.57. The summed E-state index contributed by atoms with van der Waals surface area (Å²) in [5.74, 6) is -0.0224. The fraction of sp³-hybridized carbons (Fsp3) is 0.318. The van der Waals surface area contributed by atoms with Crippen molar-refractivity contribution in [2.45, 2.75) is 6.92 Å². The van der Waals surface area contributed by atoms with Crippen molar-refractivity contribution in [2.24, 2.45) is 0 Å².